The summed E-state index contributed by atoms with van der Waals surface area (Å²) in [4.78, 5) is 31.6. The smallest absolute Gasteiger partial charge is 0.439 e. The fourth-order valence-electron chi connectivity index (χ4n) is 4.11. The molecule has 10 nitrogen and oxygen atoms in total. The molecule has 1 aromatic carbocycles. The molecular formula is C24H21ClN6O4. The van der Waals surface area contributed by atoms with Crippen LogP contribution in [0.25, 0.3) is 33.9 Å². The number of aryl methyl sites for hydroxylation is 2. The highest BCUT2D eigenvalue weighted by Gasteiger charge is 2.21. The van der Waals surface area contributed by atoms with Crippen molar-refractivity contribution in [3.63, 3.8) is 0 Å². The molecule has 5 aromatic rings. The molecule has 0 fully saturated rings. The lowest BCUT2D eigenvalue weighted by atomic mass is 9.99. The third-order valence-corrected chi connectivity index (χ3v) is 6.02. The number of nitrogens with zero attached hydrogens (tertiary/aromatic N) is 4. The van der Waals surface area contributed by atoms with Crippen LogP contribution in [0.5, 0.6) is 0 Å². The third kappa shape index (κ3) is 4.01. The standard InChI is InChI=1S/C24H21ClN6O4/c1-11-9-14(13(3)27-16-5-6-18(25)28-19(16)23-29-24(33)35-30-23)22-15(10-11)20(32)12(2)21(34-22)17-7-8-26-31(17)4/h5-10,13,27H,1-4H3,(H,29,30,33)/t13-/m1/s1. The van der Waals surface area contributed by atoms with Gasteiger partial charge < -0.3 is 9.73 Å². The predicted octanol–water partition coefficient (Wildman–Crippen LogP) is 4.38. The Bertz CT molecular complexity index is 1700. The molecule has 0 amide bonds. The number of benzene rings is 1. The summed E-state index contributed by atoms with van der Waals surface area (Å²) >= 11 is 6.09. The van der Waals surface area contributed by atoms with Crippen LogP contribution in [0.4, 0.5) is 5.69 Å². The molecular weight excluding hydrogens is 472 g/mol. The molecule has 1 atom stereocenters. The van der Waals surface area contributed by atoms with E-state index in [0.29, 0.717) is 39.4 Å². The monoisotopic (exact) mass is 492 g/mol. The Labute approximate surface area is 203 Å². The fraction of sp³-hybridized carbons (Fsp3) is 0.208. The minimum Gasteiger partial charge on any atom is -0.454 e. The van der Waals surface area contributed by atoms with Crippen molar-refractivity contribution < 1.29 is 8.94 Å². The van der Waals surface area contributed by atoms with Gasteiger partial charge in [0.15, 0.2) is 11.2 Å². The van der Waals surface area contributed by atoms with Crippen molar-refractivity contribution >= 4 is 28.3 Å². The second-order valence-corrected chi connectivity index (χ2v) is 8.68. The lowest BCUT2D eigenvalue weighted by Gasteiger charge is -2.20. The third-order valence-electron chi connectivity index (χ3n) is 5.81. The summed E-state index contributed by atoms with van der Waals surface area (Å²) in [6.07, 6.45) is 1.66. The molecule has 0 saturated heterocycles. The number of pyridine rings is 1. The first-order chi connectivity index (χ1) is 16.7. The molecule has 0 radical (unpaired) electrons. The van der Waals surface area contributed by atoms with Gasteiger partial charge in [-0.3, -0.25) is 19.0 Å². The molecule has 0 spiro atoms. The van der Waals surface area contributed by atoms with E-state index in [4.69, 9.17) is 16.0 Å². The molecule has 0 unspecified atom stereocenters. The average molecular weight is 493 g/mol. The maximum Gasteiger partial charge on any atom is 0.439 e. The van der Waals surface area contributed by atoms with Crippen LogP contribution in [0, 0.1) is 13.8 Å². The maximum absolute atomic E-state index is 13.3. The van der Waals surface area contributed by atoms with E-state index in [1.807, 2.05) is 26.0 Å². The molecule has 4 aromatic heterocycles. The van der Waals surface area contributed by atoms with Gasteiger partial charge in [-0.1, -0.05) is 22.8 Å². The van der Waals surface area contributed by atoms with Crippen LogP contribution >= 0.6 is 11.6 Å². The highest BCUT2D eigenvalue weighted by molar-refractivity contribution is 6.29. The number of aromatic amines is 1. The van der Waals surface area contributed by atoms with Crippen molar-refractivity contribution in [1.82, 2.24) is 24.9 Å². The van der Waals surface area contributed by atoms with Gasteiger partial charge in [-0.25, -0.2) is 9.78 Å². The Morgan fingerprint density at radius 3 is 2.66 bits per heavy atom. The van der Waals surface area contributed by atoms with E-state index in [1.54, 1.807) is 43.0 Å². The van der Waals surface area contributed by atoms with Gasteiger partial charge in [0, 0.05) is 24.4 Å². The van der Waals surface area contributed by atoms with E-state index in [2.05, 4.69) is 30.1 Å². The number of anilines is 1. The summed E-state index contributed by atoms with van der Waals surface area (Å²) in [6.45, 7) is 5.61. The number of rotatable bonds is 5. The molecule has 178 valence electrons. The summed E-state index contributed by atoms with van der Waals surface area (Å²) in [5.74, 6) is -0.0962. The first kappa shape index (κ1) is 22.6. The summed E-state index contributed by atoms with van der Waals surface area (Å²) in [5.41, 5.74) is 4.15. The van der Waals surface area contributed by atoms with Crippen molar-refractivity contribution in [3.8, 4) is 23.0 Å². The maximum atomic E-state index is 13.3. The van der Waals surface area contributed by atoms with Crippen molar-refractivity contribution in [3.05, 3.63) is 79.1 Å². The van der Waals surface area contributed by atoms with E-state index in [0.717, 1.165) is 11.1 Å². The van der Waals surface area contributed by atoms with Gasteiger partial charge in [0.25, 0.3) is 0 Å². The number of aromatic nitrogens is 5. The zero-order valence-corrected chi connectivity index (χ0v) is 20.1. The summed E-state index contributed by atoms with van der Waals surface area (Å²) in [7, 11) is 1.79. The molecule has 0 aliphatic heterocycles. The Morgan fingerprint density at radius 2 is 1.97 bits per heavy atom. The first-order valence-electron chi connectivity index (χ1n) is 10.8. The molecule has 35 heavy (non-hydrogen) atoms. The van der Waals surface area contributed by atoms with Gasteiger partial charge in [-0.15, -0.1) is 0 Å². The van der Waals surface area contributed by atoms with E-state index in [9.17, 15) is 9.59 Å². The number of fused-ring (bicyclic) bond motifs is 1. The van der Waals surface area contributed by atoms with Gasteiger partial charge in [0.2, 0.25) is 5.82 Å². The number of hydrogen-bond donors (Lipinski definition) is 2. The SMILES string of the molecule is Cc1cc([C@@H](C)Nc2ccc(Cl)nc2-c2noc(=O)[nH]2)c2oc(-c3ccnn3C)c(C)c(=O)c2c1. The van der Waals surface area contributed by atoms with Crippen molar-refractivity contribution in [2.24, 2.45) is 7.05 Å². The molecule has 0 aliphatic rings. The quantitative estimate of drug-likeness (QED) is 0.345. The van der Waals surface area contributed by atoms with Crippen molar-refractivity contribution in [2.75, 3.05) is 5.32 Å². The lowest BCUT2D eigenvalue weighted by Crippen LogP contribution is -2.13. The largest absolute Gasteiger partial charge is 0.454 e. The van der Waals surface area contributed by atoms with Crippen LogP contribution in [-0.4, -0.2) is 24.9 Å². The average Bonchev–Trinajstić information content (AvgIpc) is 3.45. The molecule has 5 rings (SSSR count). The van der Waals surface area contributed by atoms with Gasteiger partial charge in [-0.2, -0.15) is 5.10 Å². The zero-order valence-electron chi connectivity index (χ0n) is 19.3. The Hall–Kier alpha value is -4.18. The number of hydrogen-bond acceptors (Lipinski definition) is 8. The van der Waals surface area contributed by atoms with E-state index in [1.165, 1.54) is 0 Å². The second kappa shape index (κ2) is 8.55. The van der Waals surface area contributed by atoms with Crippen LogP contribution in [-0.2, 0) is 7.05 Å². The van der Waals surface area contributed by atoms with Crippen LogP contribution in [0.2, 0.25) is 5.15 Å². The van der Waals surface area contributed by atoms with E-state index in [-0.39, 0.29) is 22.4 Å². The molecule has 0 aliphatic carbocycles. The first-order valence-corrected chi connectivity index (χ1v) is 11.2. The summed E-state index contributed by atoms with van der Waals surface area (Å²) in [6, 6.07) is 8.61. The van der Waals surface area contributed by atoms with Crippen molar-refractivity contribution in [1.29, 1.82) is 0 Å². The highest BCUT2D eigenvalue weighted by atomic mass is 35.5. The van der Waals surface area contributed by atoms with E-state index < -0.39 is 5.76 Å². The lowest BCUT2D eigenvalue weighted by molar-refractivity contribution is 0.388. The fourth-order valence-corrected chi connectivity index (χ4v) is 4.25. The van der Waals surface area contributed by atoms with Crippen LogP contribution in [0.3, 0.4) is 0 Å². The zero-order chi connectivity index (χ0) is 24.9. The van der Waals surface area contributed by atoms with Crippen LogP contribution in [0.15, 0.2) is 55.1 Å². The minimum atomic E-state index is -0.703. The molecule has 2 N–H and O–H groups in total. The topological polar surface area (TPSA) is 132 Å². The number of halogens is 1. The molecule has 4 heterocycles. The second-order valence-electron chi connectivity index (χ2n) is 8.30. The van der Waals surface area contributed by atoms with Gasteiger partial charge >= 0.3 is 5.76 Å². The normalized spacial score (nSPS) is 12.3. The number of nitrogens with one attached hydrogen (secondary N) is 2. The van der Waals surface area contributed by atoms with E-state index >= 15 is 0 Å². The summed E-state index contributed by atoms with van der Waals surface area (Å²) < 4.78 is 12.7. The van der Waals surface area contributed by atoms with Crippen molar-refractivity contribution in [2.45, 2.75) is 26.8 Å². The Kier molecular flexibility index (Phi) is 5.52. The van der Waals surface area contributed by atoms with Crippen LogP contribution < -0.4 is 16.5 Å². The number of H-pyrrole nitrogens is 1. The summed E-state index contributed by atoms with van der Waals surface area (Å²) in [5, 5.41) is 12.0. The predicted molar refractivity (Wildman–Crippen MR) is 132 cm³/mol. The molecule has 0 bridgehead atoms. The van der Waals surface area contributed by atoms with Crippen LogP contribution in [0.1, 0.15) is 29.7 Å². The van der Waals surface area contributed by atoms with Gasteiger partial charge in [-0.05, 0) is 50.6 Å². The minimum absolute atomic E-state index is 0.103. The Balaban J connectivity index is 1.65. The van der Waals surface area contributed by atoms with Gasteiger partial charge in [0.1, 0.15) is 22.1 Å². The molecule has 0 saturated carbocycles. The molecule has 11 heteroatoms. The highest BCUT2D eigenvalue weighted by Crippen LogP contribution is 2.33. The van der Waals surface area contributed by atoms with Gasteiger partial charge in [0.05, 0.1) is 17.1 Å². The Morgan fingerprint density at radius 1 is 1.17 bits per heavy atom.